The molecular weight excluding hydrogens is 592 g/mol. The average Bonchev–Trinajstić information content (AvgIpc) is 2.86. The van der Waals surface area contributed by atoms with Crippen molar-refractivity contribution in [3.63, 3.8) is 0 Å². The molecule has 1 unspecified atom stereocenters. The summed E-state index contributed by atoms with van der Waals surface area (Å²) >= 11 is 24.5. The van der Waals surface area contributed by atoms with Crippen LogP contribution in [0.25, 0.3) is 0 Å². The number of anilines is 1. The average molecular weight is 623 g/mol. The Labute approximate surface area is 244 Å². The van der Waals surface area contributed by atoms with E-state index in [9.17, 15) is 18.0 Å². The topological polar surface area (TPSA) is 86.8 Å². The van der Waals surface area contributed by atoms with Crippen LogP contribution in [0, 0.1) is 0 Å². The number of nitrogens with one attached hydrogen (secondary N) is 1. The Kier molecular flexibility index (Phi) is 11.0. The molecule has 3 rings (SSSR count). The number of rotatable bonds is 10. The van der Waals surface area contributed by atoms with E-state index in [1.54, 1.807) is 24.3 Å². The summed E-state index contributed by atoms with van der Waals surface area (Å²) in [4.78, 5) is 28.6. The Morgan fingerprint density at radius 2 is 1.58 bits per heavy atom. The molecule has 1 saturated carbocycles. The highest BCUT2D eigenvalue weighted by Gasteiger charge is 2.33. The van der Waals surface area contributed by atoms with E-state index in [2.05, 4.69) is 5.32 Å². The molecular formula is C26H31Cl4N3O4S. The zero-order valence-corrected chi connectivity index (χ0v) is 25.1. The van der Waals surface area contributed by atoms with Crippen molar-refractivity contribution >= 4 is 73.9 Å². The second kappa shape index (κ2) is 13.6. The molecule has 0 spiro atoms. The Morgan fingerprint density at radius 3 is 2.16 bits per heavy atom. The number of hydrogen-bond acceptors (Lipinski definition) is 4. The van der Waals surface area contributed by atoms with Crippen molar-refractivity contribution in [1.29, 1.82) is 0 Å². The molecule has 0 bridgehead atoms. The van der Waals surface area contributed by atoms with E-state index in [-0.39, 0.29) is 39.2 Å². The van der Waals surface area contributed by atoms with Gasteiger partial charge in [-0.3, -0.25) is 13.9 Å². The molecule has 2 amide bonds. The van der Waals surface area contributed by atoms with E-state index in [1.165, 1.54) is 17.0 Å². The van der Waals surface area contributed by atoms with Crippen LogP contribution in [0.2, 0.25) is 20.1 Å². The highest BCUT2D eigenvalue weighted by atomic mass is 35.5. The SMILES string of the molecule is CCC(C(=O)NC1CCCCC1)N(Cc1ccc(Cl)cc1)C(=O)CN(c1cc(Cl)c(Cl)cc1Cl)S(C)(=O)=O. The van der Waals surface area contributed by atoms with Crippen LogP contribution in [0.4, 0.5) is 5.69 Å². The molecule has 0 radical (unpaired) electrons. The number of halogens is 4. The summed E-state index contributed by atoms with van der Waals surface area (Å²) in [7, 11) is -3.97. The van der Waals surface area contributed by atoms with Gasteiger partial charge in [0.15, 0.2) is 0 Å². The molecule has 1 atom stereocenters. The third-order valence-electron chi connectivity index (χ3n) is 6.54. The van der Waals surface area contributed by atoms with E-state index in [1.807, 2.05) is 6.92 Å². The lowest BCUT2D eigenvalue weighted by molar-refractivity contribution is -0.140. The first-order valence-corrected chi connectivity index (χ1v) is 15.7. The van der Waals surface area contributed by atoms with Crippen LogP contribution in [0.15, 0.2) is 36.4 Å². The summed E-state index contributed by atoms with van der Waals surface area (Å²) in [5, 5.41) is 3.88. The summed E-state index contributed by atoms with van der Waals surface area (Å²) in [6.45, 7) is 1.31. The maximum atomic E-state index is 13.8. The largest absolute Gasteiger partial charge is 0.352 e. The van der Waals surface area contributed by atoms with Gasteiger partial charge in [0.2, 0.25) is 21.8 Å². The molecule has 38 heavy (non-hydrogen) atoms. The molecule has 1 N–H and O–H groups in total. The van der Waals surface area contributed by atoms with Crippen LogP contribution < -0.4 is 9.62 Å². The number of nitrogens with zero attached hydrogens (tertiary/aromatic N) is 2. The van der Waals surface area contributed by atoms with Gasteiger partial charge in [-0.1, -0.05) is 84.7 Å². The fourth-order valence-electron chi connectivity index (χ4n) is 4.55. The van der Waals surface area contributed by atoms with E-state index in [0.29, 0.717) is 11.4 Å². The minimum absolute atomic E-state index is 0.0167. The monoisotopic (exact) mass is 621 g/mol. The minimum Gasteiger partial charge on any atom is -0.352 e. The maximum Gasteiger partial charge on any atom is 0.244 e. The van der Waals surface area contributed by atoms with Gasteiger partial charge in [0.25, 0.3) is 0 Å². The quantitative estimate of drug-likeness (QED) is 0.314. The third-order valence-corrected chi connectivity index (χ3v) is 8.94. The molecule has 208 valence electrons. The zero-order chi connectivity index (χ0) is 28.0. The van der Waals surface area contributed by atoms with Crippen molar-refractivity contribution in [2.24, 2.45) is 0 Å². The second-order valence-electron chi connectivity index (χ2n) is 9.40. The minimum atomic E-state index is -3.97. The van der Waals surface area contributed by atoms with Crippen LogP contribution in [0.5, 0.6) is 0 Å². The molecule has 1 aliphatic carbocycles. The Balaban J connectivity index is 1.95. The van der Waals surface area contributed by atoms with E-state index < -0.39 is 28.5 Å². The van der Waals surface area contributed by atoms with Gasteiger partial charge in [0.1, 0.15) is 12.6 Å². The van der Waals surface area contributed by atoms with Gasteiger partial charge in [0.05, 0.1) is 27.0 Å². The molecule has 0 heterocycles. The van der Waals surface area contributed by atoms with E-state index in [0.717, 1.165) is 48.2 Å². The van der Waals surface area contributed by atoms with E-state index >= 15 is 0 Å². The molecule has 0 aliphatic heterocycles. The first kappa shape index (κ1) is 30.8. The standard InChI is InChI=1S/C26H31Cl4N3O4S/c1-3-23(26(35)31-19-7-5-4-6-8-19)32(15-17-9-11-18(27)12-10-17)25(34)16-33(38(2,36)37)24-14-21(29)20(28)13-22(24)30/h9-14,19,23H,3-8,15-16H2,1-2H3,(H,31,35). The first-order valence-electron chi connectivity index (χ1n) is 12.4. The zero-order valence-electron chi connectivity index (χ0n) is 21.2. The van der Waals surface area contributed by atoms with Gasteiger partial charge < -0.3 is 10.2 Å². The Morgan fingerprint density at radius 1 is 0.974 bits per heavy atom. The molecule has 0 aromatic heterocycles. The Hall–Kier alpha value is -1.71. The molecule has 0 saturated heterocycles. The molecule has 7 nitrogen and oxygen atoms in total. The normalized spacial score (nSPS) is 15.1. The van der Waals surface area contributed by atoms with Gasteiger partial charge in [-0.2, -0.15) is 0 Å². The number of carbonyl (C=O) groups is 2. The van der Waals surface area contributed by atoms with Crippen molar-refractivity contribution in [2.75, 3.05) is 17.1 Å². The summed E-state index contributed by atoms with van der Waals surface area (Å²) in [6, 6.07) is 8.78. The molecule has 1 aliphatic rings. The van der Waals surface area contributed by atoms with Crippen LogP contribution in [-0.2, 0) is 26.2 Å². The van der Waals surface area contributed by atoms with Crippen molar-refractivity contribution in [3.8, 4) is 0 Å². The Bertz CT molecular complexity index is 1250. The van der Waals surface area contributed by atoms with Crippen LogP contribution in [0.3, 0.4) is 0 Å². The molecule has 2 aromatic carbocycles. The maximum absolute atomic E-state index is 13.8. The molecule has 2 aromatic rings. The number of hydrogen-bond donors (Lipinski definition) is 1. The van der Waals surface area contributed by atoms with E-state index in [4.69, 9.17) is 46.4 Å². The summed E-state index contributed by atoms with van der Waals surface area (Å²) < 4.78 is 26.5. The predicted octanol–water partition coefficient (Wildman–Crippen LogP) is 6.32. The summed E-state index contributed by atoms with van der Waals surface area (Å²) in [5.74, 6) is -0.835. The highest BCUT2D eigenvalue weighted by molar-refractivity contribution is 7.92. The third kappa shape index (κ3) is 8.15. The summed E-state index contributed by atoms with van der Waals surface area (Å²) in [6.07, 6.45) is 6.32. The van der Waals surface area contributed by atoms with Gasteiger partial charge in [0, 0.05) is 17.6 Å². The van der Waals surface area contributed by atoms with Crippen LogP contribution in [0.1, 0.15) is 51.0 Å². The van der Waals surface area contributed by atoms with Crippen molar-refractivity contribution in [3.05, 3.63) is 62.1 Å². The molecule has 1 fully saturated rings. The number of amides is 2. The van der Waals surface area contributed by atoms with Gasteiger partial charge in [-0.05, 0) is 49.1 Å². The molecule has 12 heteroatoms. The number of carbonyl (C=O) groups excluding carboxylic acids is 2. The first-order chi connectivity index (χ1) is 17.9. The van der Waals surface area contributed by atoms with Gasteiger partial charge in [-0.15, -0.1) is 0 Å². The smallest absolute Gasteiger partial charge is 0.244 e. The van der Waals surface area contributed by atoms with Crippen LogP contribution in [-0.4, -0.2) is 50.0 Å². The van der Waals surface area contributed by atoms with Gasteiger partial charge >= 0.3 is 0 Å². The van der Waals surface area contributed by atoms with Crippen molar-refractivity contribution in [1.82, 2.24) is 10.2 Å². The van der Waals surface area contributed by atoms with Gasteiger partial charge in [-0.25, -0.2) is 8.42 Å². The number of benzene rings is 2. The fourth-order valence-corrected chi connectivity index (χ4v) is 6.22. The number of sulfonamides is 1. The lowest BCUT2D eigenvalue weighted by atomic mass is 9.95. The van der Waals surface area contributed by atoms with Crippen molar-refractivity contribution in [2.45, 2.75) is 64.1 Å². The summed E-state index contributed by atoms with van der Waals surface area (Å²) in [5.41, 5.74) is 0.758. The fraction of sp³-hybridized carbons (Fsp3) is 0.462. The second-order valence-corrected chi connectivity index (χ2v) is 13.0. The van der Waals surface area contributed by atoms with Crippen molar-refractivity contribution < 1.29 is 18.0 Å². The predicted molar refractivity (Wildman–Crippen MR) is 155 cm³/mol. The lowest BCUT2D eigenvalue weighted by Gasteiger charge is -2.34. The lowest BCUT2D eigenvalue weighted by Crippen LogP contribution is -2.54. The highest BCUT2D eigenvalue weighted by Crippen LogP contribution is 2.35. The van der Waals surface area contributed by atoms with Crippen LogP contribution >= 0.6 is 46.4 Å².